The van der Waals surface area contributed by atoms with E-state index in [1.165, 1.54) is 12.8 Å². The third-order valence-electron chi connectivity index (χ3n) is 3.00. The quantitative estimate of drug-likeness (QED) is 0.847. The molecule has 0 spiro atoms. The van der Waals surface area contributed by atoms with E-state index < -0.39 is 0 Å². The summed E-state index contributed by atoms with van der Waals surface area (Å²) >= 11 is 12.2. The lowest BCUT2D eigenvalue weighted by Crippen LogP contribution is -2.18. The number of nitrogens with two attached hydrogens (primary N) is 1. The molecule has 2 rings (SSSR count). The third-order valence-corrected chi connectivity index (χ3v) is 3.71. The molecular weight excluding hydrogens is 217 g/mol. The highest BCUT2D eigenvalue weighted by Crippen LogP contribution is 2.49. The minimum atomic E-state index is 0.286. The maximum atomic E-state index is 6.10. The minimum Gasteiger partial charge on any atom is -0.330 e. The second-order valence-corrected chi connectivity index (χ2v) is 4.90. The second-order valence-electron chi connectivity index (χ2n) is 4.08. The molecule has 1 aromatic carbocycles. The van der Waals surface area contributed by atoms with E-state index in [2.05, 4.69) is 0 Å². The Labute approximate surface area is 94.2 Å². The van der Waals surface area contributed by atoms with Gasteiger partial charge < -0.3 is 5.73 Å². The Morgan fingerprint density at radius 1 is 1.21 bits per heavy atom. The summed E-state index contributed by atoms with van der Waals surface area (Å²) in [6.07, 6.45) is 3.32. The molecule has 76 valence electrons. The van der Waals surface area contributed by atoms with E-state index in [9.17, 15) is 0 Å². The highest BCUT2D eigenvalue weighted by atomic mass is 35.5. The van der Waals surface area contributed by atoms with E-state index in [0.29, 0.717) is 0 Å². The van der Waals surface area contributed by atoms with Crippen molar-refractivity contribution in [3.8, 4) is 0 Å². The first kappa shape index (κ1) is 10.3. The van der Waals surface area contributed by atoms with Gasteiger partial charge >= 0.3 is 0 Å². The number of hydrogen-bond donors (Lipinski definition) is 1. The number of benzene rings is 1. The van der Waals surface area contributed by atoms with Crippen molar-refractivity contribution in [1.29, 1.82) is 0 Å². The molecule has 2 N–H and O–H groups in total. The summed E-state index contributed by atoms with van der Waals surface area (Å²) in [4.78, 5) is 0. The van der Waals surface area contributed by atoms with Crippen molar-refractivity contribution in [3.63, 3.8) is 0 Å². The van der Waals surface area contributed by atoms with Gasteiger partial charge in [-0.15, -0.1) is 0 Å². The van der Waals surface area contributed by atoms with Gasteiger partial charge in [0.15, 0.2) is 0 Å². The van der Waals surface area contributed by atoms with E-state index in [1.54, 1.807) is 0 Å². The molecule has 1 saturated carbocycles. The first-order valence-electron chi connectivity index (χ1n) is 4.80. The molecule has 1 aliphatic carbocycles. The molecule has 1 fully saturated rings. The Morgan fingerprint density at radius 2 is 1.79 bits per heavy atom. The number of hydrogen-bond acceptors (Lipinski definition) is 1. The van der Waals surface area contributed by atoms with Crippen LogP contribution in [0.25, 0.3) is 0 Å². The van der Waals surface area contributed by atoms with Crippen LogP contribution in [0, 0.1) is 5.41 Å². The maximum Gasteiger partial charge on any atom is 0.0453 e. The predicted octanol–water partition coefficient (Wildman–Crippen LogP) is 3.27. The first-order chi connectivity index (χ1) is 6.67. The van der Waals surface area contributed by atoms with Crippen molar-refractivity contribution in [1.82, 2.24) is 0 Å². The Kier molecular flexibility index (Phi) is 2.74. The van der Waals surface area contributed by atoms with Crippen LogP contribution in [-0.4, -0.2) is 6.54 Å². The van der Waals surface area contributed by atoms with Crippen molar-refractivity contribution >= 4 is 23.2 Å². The first-order valence-corrected chi connectivity index (χ1v) is 5.55. The van der Waals surface area contributed by atoms with E-state index in [0.717, 1.165) is 28.6 Å². The Bertz CT molecular complexity index is 325. The summed E-state index contributed by atoms with van der Waals surface area (Å²) in [5.74, 6) is 0. The smallest absolute Gasteiger partial charge is 0.0453 e. The van der Waals surface area contributed by atoms with Gasteiger partial charge in [0.05, 0.1) is 0 Å². The van der Waals surface area contributed by atoms with E-state index in [-0.39, 0.29) is 5.41 Å². The summed E-state index contributed by atoms with van der Waals surface area (Å²) in [6.45, 7) is 0.731. The Morgan fingerprint density at radius 3 is 2.21 bits per heavy atom. The highest BCUT2D eigenvalue weighted by molar-refractivity contribution is 6.36. The van der Waals surface area contributed by atoms with Crippen molar-refractivity contribution in [2.24, 2.45) is 11.1 Å². The standard InChI is InChI=1S/C11H13Cl2N/c12-9-2-1-3-10(13)8(9)6-11(7-14)4-5-11/h1-3H,4-7,14H2. The summed E-state index contributed by atoms with van der Waals surface area (Å²) in [7, 11) is 0. The van der Waals surface area contributed by atoms with Gasteiger partial charge in [0, 0.05) is 10.0 Å². The molecule has 0 radical (unpaired) electrons. The second kappa shape index (κ2) is 3.73. The number of halogens is 2. The molecule has 0 aromatic heterocycles. The monoisotopic (exact) mass is 229 g/mol. The normalized spacial score (nSPS) is 18.2. The van der Waals surface area contributed by atoms with Crippen LogP contribution in [-0.2, 0) is 6.42 Å². The maximum absolute atomic E-state index is 6.10. The van der Waals surface area contributed by atoms with Gasteiger partial charge in [-0.1, -0.05) is 29.3 Å². The van der Waals surface area contributed by atoms with E-state index >= 15 is 0 Å². The lowest BCUT2D eigenvalue weighted by molar-refractivity contribution is 0.521. The molecule has 0 saturated heterocycles. The lowest BCUT2D eigenvalue weighted by atomic mass is 9.97. The minimum absolute atomic E-state index is 0.286. The molecule has 0 bridgehead atoms. The summed E-state index contributed by atoms with van der Waals surface area (Å²) in [5.41, 5.74) is 7.07. The van der Waals surface area contributed by atoms with Crippen LogP contribution in [0.15, 0.2) is 18.2 Å². The molecule has 14 heavy (non-hydrogen) atoms. The van der Waals surface area contributed by atoms with Gasteiger partial charge in [-0.05, 0) is 48.9 Å². The summed E-state index contributed by atoms with van der Waals surface area (Å²) in [6, 6.07) is 5.64. The molecule has 0 unspecified atom stereocenters. The zero-order valence-electron chi connectivity index (χ0n) is 7.89. The zero-order chi connectivity index (χ0) is 10.2. The lowest BCUT2D eigenvalue weighted by Gasteiger charge is -2.14. The van der Waals surface area contributed by atoms with Crippen LogP contribution < -0.4 is 5.73 Å². The molecule has 1 nitrogen and oxygen atoms in total. The van der Waals surface area contributed by atoms with Gasteiger partial charge in [-0.2, -0.15) is 0 Å². The molecular formula is C11H13Cl2N. The van der Waals surface area contributed by atoms with Gasteiger partial charge in [-0.25, -0.2) is 0 Å². The Hall–Kier alpha value is -0.240. The zero-order valence-corrected chi connectivity index (χ0v) is 9.41. The molecule has 0 amide bonds. The molecule has 0 heterocycles. The van der Waals surface area contributed by atoms with Crippen LogP contribution in [0.4, 0.5) is 0 Å². The molecule has 0 aliphatic heterocycles. The Balaban J connectivity index is 2.24. The fourth-order valence-electron chi connectivity index (χ4n) is 1.71. The van der Waals surface area contributed by atoms with E-state index in [4.69, 9.17) is 28.9 Å². The largest absolute Gasteiger partial charge is 0.330 e. The topological polar surface area (TPSA) is 26.0 Å². The van der Waals surface area contributed by atoms with Crippen LogP contribution in [0.1, 0.15) is 18.4 Å². The average Bonchev–Trinajstić information content (AvgIpc) is 2.93. The van der Waals surface area contributed by atoms with Gasteiger partial charge in [0.1, 0.15) is 0 Å². The molecule has 3 heteroatoms. The van der Waals surface area contributed by atoms with Gasteiger partial charge in [0.2, 0.25) is 0 Å². The summed E-state index contributed by atoms with van der Waals surface area (Å²) in [5, 5.41) is 1.52. The van der Waals surface area contributed by atoms with Crippen molar-refractivity contribution in [2.45, 2.75) is 19.3 Å². The van der Waals surface area contributed by atoms with E-state index in [1.807, 2.05) is 18.2 Å². The van der Waals surface area contributed by atoms with Crippen LogP contribution >= 0.6 is 23.2 Å². The predicted molar refractivity (Wildman–Crippen MR) is 60.9 cm³/mol. The van der Waals surface area contributed by atoms with Gasteiger partial charge in [0.25, 0.3) is 0 Å². The molecule has 1 aromatic rings. The molecule has 1 aliphatic rings. The van der Waals surface area contributed by atoms with Crippen LogP contribution in [0.5, 0.6) is 0 Å². The van der Waals surface area contributed by atoms with Crippen LogP contribution in [0.3, 0.4) is 0 Å². The fourth-order valence-corrected chi connectivity index (χ4v) is 2.24. The average molecular weight is 230 g/mol. The van der Waals surface area contributed by atoms with Crippen LogP contribution in [0.2, 0.25) is 10.0 Å². The summed E-state index contributed by atoms with van der Waals surface area (Å²) < 4.78 is 0. The molecule has 0 atom stereocenters. The van der Waals surface area contributed by atoms with Crippen molar-refractivity contribution < 1.29 is 0 Å². The highest BCUT2D eigenvalue weighted by Gasteiger charge is 2.41. The van der Waals surface area contributed by atoms with Crippen molar-refractivity contribution in [2.75, 3.05) is 6.54 Å². The fraction of sp³-hybridized carbons (Fsp3) is 0.455. The van der Waals surface area contributed by atoms with Gasteiger partial charge in [-0.3, -0.25) is 0 Å². The van der Waals surface area contributed by atoms with Crippen molar-refractivity contribution in [3.05, 3.63) is 33.8 Å². The number of rotatable bonds is 3. The SMILES string of the molecule is NCC1(Cc2c(Cl)cccc2Cl)CC1. The third kappa shape index (κ3) is 1.90.